The largest absolute Gasteiger partial charge is 0.860 e. The Labute approximate surface area is 40.6 Å². The van der Waals surface area contributed by atoms with Crippen LogP contribution >= 0.6 is 0 Å². The fourth-order valence-electron chi connectivity index (χ4n) is 0.425. The third kappa shape index (κ3) is 0.707. The van der Waals surface area contributed by atoms with Crippen LogP contribution in [0.25, 0.3) is 0 Å². The normalized spacial score (nSPS) is 18.9. The lowest BCUT2D eigenvalue weighted by Crippen LogP contribution is -2.22. The molecule has 1 heterocycles. The molecule has 0 spiro atoms. The molecule has 0 unspecified atom stereocenters. The second-order valence-corrected chi connectivity index (χ2v) is 1.32. The third-order valence-corrected chi connectivity index (χ3v) is 0.735. The molecule has 3 heteroatoms. The van der Waals surface area contributed by atoms with Crippen molar-refractivity contribution in [1.82, 2.24) is 5.32 Å². The van der Waals surface area contributed by atoms with E-state index in [1.165, 1.54) is 6.08 Å². The van der Waals surface area contributed by atoms with Gasteiger partial charge in [-0.15, -0.1) is 0 Å². The second kappa shape index (κ2) is 1.26. The lowest BCUT2D eigenvalue weighted by atomic mass is 10.5. The van der Waals surface area contributed by atoms with E-state index in [1.54, 1.807) is 0 Å². The fraction of sp³-hybridized carbons (Fsp3) is 0.250. The molecule has 0 saturated heterocycles. The van der Waals surface area contributed by atoms with Gasteiger partial charge in [-0.05, 0) is 5.88 Å². The average Bonchev–Trinajstić information content (AvgIpc) is 1.87. The summed E-state index contributed by atoms with van der Waals surface area (Å²) in [6, 6.07) is 0. The Morgan fingerprint density at radius 1 is 1.86 bits per heavy atom. The minimum Gasteiger partial charge on any atom is -0.860 e. The Balaban J connectivity index is 2.58. The molecule has 0 saturated carbocycles. The minimum absolute atomic E-state index is 0.204. The Bertz CT molecular complexity index is 128. The van der Waals surface area contributed by atoms with E-state index in [9.17, 15) is 9.90 Å². The van der Waals surface area contributed by atoms with Crippen LogP contribution in [0.1, 0.15) is 6.42 Å². The molecule has 0 aromatic rings. The molecule has 0 aromatic carbocycles. The van der Waals surface area contributed by atoms with E-state index < -0.39 is 0 Å². The third-order valence-electron chi connectivity index (χ3n) is 0.735. The first kappa shape index (κ1) is 4.18. The Morgan fingerprint density at radius 3 is 2.71 bits per heavy atom. The summed E-state index contributed by atoms with van der Waals surface area (Å²) in [6.45, 7) is 0. The van der Waals surface area contributed by atoms with Crippen molar-refractivity contribution >= 4 is 5.91 Å². The molecule has 0 radical (unpaired) electrons. The predicted octanol–water partition coefficient (Wildman–Crippen LogP) is -1.29. The monoisotopic (exact) mass is 98.0 g/mol. The zero-order valence-corrected chi connectivity index (χ0v) is 3.60. The van der Waals surface area contributed by atoms with Gasteiger partial charge in [0, 0.05) is 6.42 Å². The first-order chi connectivity index (χ1) is 3.29. The van der Waals surface area contributed by atoms with Crippen molar-refractivity contribution in [3.63, 3.8) is 0 Å². The van der Waals surface area contributed by atoms with Gasteiger partial charge in [0.2, 0.25) is 5.91 Å². The van der Waals surface area contributed by atoms with Gasteiger partial charge < -0.3 is 10.4 Å². The first-order valence-corrected chi connectivity index (χ1v) is 1.96. The number of rotatable bonds is 0. The van der Waals surface area contributed by atoms with Crippen molar-refractivity contribution in [2.75, 3.05) is 0 Å². The maximum Gasteiger partial charge on any atom is 0.227 e. The lowest BCUT2D eigenvalue weighted by molar-refractivity contribution is -0.308. The van der Waals surface area contributed by atoms with E-state index in [0.717, 1.165) is 0 Å². The van der Waals surface area contributed by atoms with Crippen LogP contribution in [0.5, 0.6) is 0 Å². The van der Waals surface area contributed by atoms with E-state index in [1.807, 2.05) is 0 Å². The molecule has 0 bridgehead atoms. The molecule has 1 amide bonds. The summed E-state index contributed by atoms with van der Waals surface area (Å²) in [5.74, 6) is -0.477. The highest BCUT2D eigenvalue weighted by atomic mass is 16.3. The van der Waals surface area contributed by atoms with E-state index in [4.69, 9.17) is 0 Å². The smallest absolute Gasteiger partial charge is 0.227 e. The zero-order chi connectivity index (χ0) is 5.28. The Hall–Kier alpha value is -0.990. The topological polar surface area (TPSA) is 52.2 Å². The van der Waals surface area contributed by atoms with Crippen molar-refractivity contribution in [1.29, 1.82) is 0 Å². The van der Waals surface area contributed by atoms with Crippen molar-refractivity contribution in [3.8, 4) is 0 Å². The van der Waals surface area contributed by atoms with E-state index in [0.29, 0.717) is 0 Å². The zero-order valence-electron chi connectivity index (χ0n) is 3.60. The van der Waals surface area contributed by atoms with Crippen LogP contribution in [0.15, 0.2) is 12.0 Å². The van der Waals surface area contributed by atoms with Crippen LogP contribution in [0.4, 0.5) is 0 Å². The molecule has 3 nitrogen and oxygen atoms in total. The summed E-state index contributed by atoms with van der Waals surface area (Å²) >= 11 is 0. The van der Waals surface area contributed by atoms with Crippen LogP contribution in [0.3, 0.4) is 0 Å². The maximum atomic E-state index is 10.1. The summed E-state index contributed by atoms with van der Waals surface area (Å²) in [6.07, 6.45) is 1.57. The number of hydrogen-bond acceptors (Lipinski definition) is 2. The molecule has 1 N–H and O–H groups in total. The SMILES string of the molecule is O=C1CC=C([O-])N1. The molecule has 1 aliphatic rings. The van der Waals surface area contributed by atoms with Crippen LogP contribution in [0.2, 0.25) is 0 Å². The van der Waals surface area contributed by atoms with E-state index >= 15 is 0 Å². The molecule has 0 aromatic heterocycles. The van der Waals surface area contributed by atoms with Crippen LogP contribution in [-0.4, -0.2) is 5.91 Å². The molecular formula is C4H4NO2-. The predicted molar refractivity (Wildman–Crippen MR) is 20.8 cm³/mol. The van der Waals surface area contributed by atoms with Gasteiger partial charge in [-0.3, -0.25) is 4.79 Å². The lowest BCUT2D eigenvalue weighted by Gasteiger charge is -2.02. The van der Waals surface area contributed by atoms with Gasteiger partial charge in [-0.2, -0.15) is 0 Å². The quantitative estimate of drug-likeness (QED) is 0.409. The summed E-state index contributed by atoms with van der Waals surface area (Å²) in [4.78, 5) is 10.1. The number of hydrogen-bond donors (Lipinski definition) is 1. The summed E-state index contributed by atoms with van der Waals surface area (Å²) in [5.41, 5.74) is 0. The maximum absolute atomic E-state index is 10.1. The second-order valence-electron chi connectivity index (χ2n) is 1.32. The molecule has 1 rings (SSSR count). The molecular weight excluding hydrogens is 94.0 g/mol. The number of nitrogens with one attached hydrogen (secondary N) is 1. The number of amides is 1. The van der Waals surface area contributed by atoms with Crippen LogP contribution in [-0.2, 0) is 4.79 Å². The molecule has 1 aliphatic heterocycles. The highest BCUT2D eigenvalue weighted by Crippen LogP contribution is 1.93. The highest BCUT2D eigenvalue weighted by molar-refractivity contribution is 5.81. The van der Waals surface area contributed by atoms with Gasteiger partial charge in [0.25, 0.3) is 0 Å². The van der Waals surface area contributed by atoms with Gasteiger partial charge in [0.15, 0.2) is 0 Å². The average molecular weight is 98.1 g/mol. The molecule has 0 fully saturated rings. The molecule has 0 atom stereocenters. The Kier molecular flexibility index (Phi) is 0.749. The van der Waals surface area contributed by atoms with Crippen molar-refractivity contribution in [3.05, 3.63) is 12.0 Å². The van der Waals surface area contributed by atoms with Gasteiger partial charge in [-0.25, -0.2) is 0 Å². The summed E-state index contributed by atoms with van der Waals surface area (Å²) in [7, 11) is 0. The van der Waals surface area contributed by atoms with Crippen LogP contribution in [0, 0.1) is 0 Å². The van der Waals surface area contributed by atoms with Crippen LogP contribution < -0.4 is 10.4 Å². The van der Waals surface area contributed by atoms with Crippen molar-refractivity contribution in [2.45, 2.75) is 6.42 Å². The summed E-state index contributed by atoms with van der Waals surface area (Å²) in [5, 5.41) is 12.1. The van der Waals surface area contributed by atoms with Gasteiger partial charge in [0.05, 0.1) is 0 Å². The molecule has 7 heavy (non-hydrogen) atoms. The summed E-state index contributed by atoms with van der Waals surface area (Å²) < 4.78 is 0. The molecule has 38 valence electrons. The van der Waals surface area contributed by atoms with Crippen molar-refractivity contribution in [2.24, 2.45) is 0 Å². The number of carbonyl (C=O) groups is 1. The minimum atomic E-state index is -0.273. The number of carbonyl (C=O) groups excluding carboxylic acids is 1. The van der Waals surface area contributed by atoms with E-state index in [-0.39, 0.29) is 18.2 Å². The first-order valence-electron chi connectivity index (χ1n) is 1.96. The standard InChI is InChI=1S/C4H5NO2/c6-3-1-2-4(7)5-3/h1,6H,2H2,(H,5,7)/p-1. The van der Waals surface area contributed by atoms with Gasteiger partial charge in [0.1, 0.15) is 0 Å². The van der Waals surface area contributed by atoms with Gasteiger partial charge >= 0.3 is 0 Å². The van der Waals surface area contributed by atoms with Gasteiger partial charge in [-0.1, -0.05) is 6.08 Å². The van der Waals surface area contributed by atoms with Crippen molar-refractivity contribution < 1.29 is 9.90 Å². The fourth-order valence-corrected chi connectivity index (χ4v) is 0.425. The van der Waals surface area contributed by atoms with E-state index in [2.05, 4.69) is 5.32 Å². The highest BCUT2D eigenvalue weighted by Gasteiger charge is 2.01. The molecule has 0 aliphatic carbocycles. The Morgan fingerprint density at radius 2 is 2.57 bits per heavy atom.